The van der Waals surface area contributed by atoms with Crippen LogP contribution in [0.4, 0.5) is 13.6 Å². The van der Waals surface area contributed by atoms with Crippen LogP contribution < -0.4 is 10.6 Å². The van der Waals surface area contributed by atoms with E-state index in [-0.39, 0.29) is 13.1 Å². The van der Waals surface area contributed by atoms with E-state index in [4.69, 9.17) is 0 Å². The summed E-state index contributed by atoms with van der Waals surface area (Å²) in [6.07, 6.45) is -1.02. The summed E-state index contributed by atoms with van der Waals surface area (Å²) in [6, 6.07) is 11.1. The fraction of sp³-hybridized carbons (Fsp3) is 0.188. The zero-order chi connectivity index (χ0) is 15.9. The molecule has 0 unspecified atom stereocenters. The summed E-state index contributed by atoms with van der Waals surface area (Å²) >= 11 is 0. The number of amides is 2. The first-order valence-corrected chi connectivity index (χ1v) is 6.75. The van der Waals surface area contributed by atoms with Gasteiger partial charge in [-0.3, -0.25) is 0 Å². The van der Waals surface area contributed by atoms with Gasteiger partial charge >= 0.3 is 6.03 Å². The molecule has 0 saturated carbocycles. The van der Waals surface area contributed by atoms with Crippen molar-refractivity contribution in [3.8, 4) is 0 Å². The van der Waals surface area contributed by atoms with Crippen molar-refractivity contribution in [2.24, 2.45) is 0 Å². The van der Waals surface area contributed by atoms with Gasteiger partial charge in [0.2, 0.25) is 0 Å². The maximum absolute atomic E-state index is 13.4. The molecule has 22 heavy (non-hydrogen) atoms. The van der Waals surface area contributed by atoms with Crippen molar-refractivity contribution in [2.45, 2.75) is 12.6 Å². The third-order valence-corrected chi connectivity index (χ3v) is 3.09. The van der Waals surface area contributed by atoms with Crippen LogP contribution in [0.5, 0.6) is 0 Å². The van der Waals surface area contributed by atoms with Gasteiger partial charge in [-0.1, -0.05) is 30.3 Å². The molecule has 2 aromatic rings. The summed E-state index contributed by atoms with van der Waals surface area (Å²) in [5.41, 5.74) is 0.734. The van der Waals surface area contributed by atoms with Crippen molar-refractivity contribution in [1.82, 2.24) is 10.6 Å². The molecular formula is C16H16F2N2O2. The standard InChI is InChI=1S/C16H16F2N2O2/c17-13-6-3-5-11(8-13)15(21)10-20-16(22)19-9-12-4-1-2-7-14(12)18/h1-8,15,21H,9-10H2,(H2,19,20,22)/t15-/m0/s1. The highest BCUT2D eigenvalue weighted by Gasteiger charge is 2.10. The summed E-state index contributed by atoms with van der Waals surface area (Å²) in [5.74, 6) is -0.858. The monoisotopic (exact) mass is 306 g/mol. The minimum Gasteiger partial charge on any atom is -0.387 e. The Kier molecular flexibility index (Phi) is 5.43. The second-order valence-corrected chi connectivity index (χ2v) is 4.73. The first kappa shape index (κ1) is 15.9. The molecule has 0 bridgehead atoms. The molecule has 0 saturated heterocycles. The van der Waals surface area contributed by atoms with E-state index in [2.05, 4.69) is 10.6 Å². The molecule has 2 rings (SSSR count). The van der Waals surface area contributed by atoms with Crippen molar-refractivity contribution in [3.05, 3.63) is 71.3 Å². The van der Waals surface area contributed by atoms with Crippen molar-refractivity contribution in [3.63, 3.8) is 0 Å². The number of urea groups is 1. The van der Waals surface area contributed by atoms with Crippen LogP contribution in [0.1, 0.15) is 17.2 Å². The van der Waals surface area contributed by atoms with Crippen molar-refractivity contribution in [2.75, 3.05) is 6.54 Å². The van der Waals surface area contributed by atoms with E-state index in [0.717, 1.165) is 0 Å². The number of hydrogen-bond donors (Lipinski definition) is 3. The Morgan fingerprint density at radius 2 is 1.86 bits per heavy atom. The molecule has 0 spiro atoms. The van der Waals surface area contributed by atoms with Gasteiger partial charge in [-0.05, 0) is 23.8 Å². The third kappa shape index (κ3) is 4.53. The number of aliphatic hydroxyl groups is 1. The van der Waals surface area contributed by atoms with Crippen LogP contribution in [-0.4, -0.2) is 17.7 Å². The highest BCUT2D eigenvalue weighted by molar-refractivity contribution is 5.73. The zero-order valence-electron chi connectivity index (χ0n) is 11.7. The number of hydrogen-bond acceptors (Lipinski definition) is 2. The van der Waals surface area contributed by atoms with Crippen LogP contribution in [0.3, 0.4) is 0 Å². The molecule has 0 aliphatic carbocycles. The molecule has 116 valence electrons. The topological polar surface area (TPSA) is 61.4 Å². The third-order valence-electron chi connectivity index (χ3n) is 3.09. The molecule has 0 heterocycles. The fourth-order valence-corrected chi connectivity index (χ4v) is 1.90. The molecule has 3 N–H and O–H groups in total. The van der Waals surface area contributed by atoms with Gasteiger partial charge in [-0.2, -0.15) is 0 Å². The largest absolute Gasteiger partial charge is 0.387 e. The molecule has 2 aromatic carbocycles. The molecule has 0 aliphatic rings. The fourth-order valence-electron chi connectivity index (χ4n) is 1.90. The first-order valence-electron chi connectivity index (χ1n) is 6.75. The average molecular weight is 306 g/mol. The van der Waals surface area contributed by atoms with Gasteiger partial charge in [0.25, 0.3) is 0 Å². The smallest absolute Gasteiger partial charge is 0.315 e. The number of benzene rings is 2. The Hall–Kier alpha value is -2.47. The lowest BCUT2D eigenvalue weighted by molar-refractivity contribution is 0.172. The summed E-state index contributed by atoms with van der Waals surface area (Å²) in [6.45, 7) is -0.0406. The predicted octanol–water partition coefficient (Wildman–Crippen LogP) is 2.50. The van der Waals surface area contributed by atoms with Gasteiger partial charge < -0.3 is 15.7 Å². The number of halogens is 2. The van der Waals surface area contributed by atoms with E-state index in [1.807, 2.05) is 0 Å². The SMILES string of the molecule is O=C(NCc1ccccc1F)NC[C@H](O)c1cccc(F)c1. The van der Waals surface area contributed by atoms with Crippen molar-refractivity contribution in [1.29, 1.82) is 0 Å². The first-order chi connectivity index (χ1) is 10.6. The van der Waals surface area contributed by atoms with Crippen molar-refractivity contribution >= 4 is 6.03 Å². The summed E-state index contributed by atoms with van der Waals surface area (Å²) in [5, 5.41) is 14.8. The molecule has 6 heteroatoms. The molecule has 0 aliphatic heterocycles. The summed E-state index contributed by atoms with van der Waals surface area (Å²) < 4.78 is 26.4. The van der Waals surface area contributed by atoms with Gasteiger partial charge in [0.05, 0.1) is 6.10 Å². The average Bonchev–Trinajstić information content (AvgIpc) is 2.52. The molecule has 2 amide bonds. The molecular weight excluding hydrogens is 290 g/mol. The van der Waals surface area contributed by atoms with E-state index in [0.29, 0.717) is 11.1 Å². The molecule has 0 fully saturated rings. The number of carbonyl (C=O) groups is 1. The van der Waals surface area contributed by atoms with Crippen LogP contribution in [0.2, 0.25) is 0 Å². The van der Waals surface area contributed by atoms with Gasteiger partial charge in [0.1, 0.15) is 11.6 Å². The Labute approximate surface area is 126 Å². The summed E-state index contributed by atoms with van der Waals surface area (Å²) in [4.78, 5) is 11.6. The molecule has 1 atom stereocenters. The van der Waals surface area contributed by atoms with Crippen LogP contribution in [-0.2, 0) is 6.54 Å². The zero-order valence-corrected chi connectivity index (χ0v) is 11.7. The molecule has 0 aromatic heterocycles. The van der Waals surface area contributed by atoms with E-state index in [9.17, 15) is 18.7 Å². The maximum atomic E-state index is 13.4. The Balaban J connectivity index is 1.79. The Morgan fingerprint density at radius 1 is 1.09 bits per heavy atom. The lowest BCUT2D eigenvalue weighted by Crippen LogP contribution is -2.37. The second-order valence-electron chi connectivity index (χ2n) is 4.73. The minimum atomic E-state index is -1.02. The highest BCUT2D eigenvalue weighted by Crippen LogP contribution is 2.12. The quantitative estimate of drug-likeness (QED) is 0.795. The van der Waals surface area contributed by atoms with E-state index in [1.165, 1.54) is 24.3 Å². The lowest BCUT2D eigenvalue weighted by Gasteiger charge is -2.13. The minimum absolute atomic E-state index is 0.0363. The van der Waals surface area contributed by atoms with Gasteiger partial charge in [-0.15, -0.1) is 0 Å². The normalized spacial score (nSPS) is 11.8. The Morgan fingerprint density at radius 3 is 2.59 bits per heavy atom. The summed E-state index contributed by atoms with van der Waals surface area (Å²) in [7, 11) is 0. The number of carbonyl (C=O) groups excluding carboxylic acids is 1. The number of aliphatic hydroxyl groups excluding tert-OH is 1. The van der Waals surface area contributed by atoms with Crippen LogP contribution in [0.15, 0.2) is 48.5 Å². The predicted molar refractivity (Wildman–Crippen MR) is 78.0 cm³/mol. The van der Waals surface area contributed by atoms with Crippen molar-refractivity contribution < 1.29 is 18.7 Å². The van der Waals surface area contributed by atoms with Crippen LogP contribution in [0.25, 0.3) is 0 Å². The van der Waals surface area contributed by atoms with E-state index in [1.54, 1.807) is 24.3 Å². The lowest BCUT2D eigenvalue weighted by atomic mass is 10.1. The highest BCUT2D eigenvalue weighted by atomic mass is 19.1. The van der Waals surface area contributed by atoms with E-state index < -0.39 is 23.8 Å². The number of rotatable bonds is 5. The van der Waals surface area contributed by atoms with Gasteiger partial charge in [-0.25, -0.2) is 13.6 Å². The Bertz CT molecular complexity index is 650. The second kappa shape index (κ2) is 7.51. The van der Waals surface area contributed by atoms with Gasteiger partial charge in [0.15, 0.2) is 0 Å². The van der Waals surface area contributed by atoms with Crippen LogP contribution >= 0.6 is 0 Å². The molecule has 0 radical (unpaired) electrons. The number of nitrogens with one attached hydrogen (secondary N) is 2. The van der Waals surface area contributed by atoms with Crippen LogP contribution in [0, 0.1) is 11.6 Å². The van der Waals surface area contributed by atoms with E-state index >= 15 is 0 Å². The van der Waals surface area contributed by atoms with Gasteiger partial charge in [0, 0.05) is 18.7 Å². The maximum Gasteiger partial charge on any atom is 0.315 e. The molecule has 4 nitrogen and oxygen atoms in total.